The number of ether oxygens (including phenoxy) is 1. The number of hydrogen-bond acceptors (Lipinski definition) is 3. The maximum atomic E-state index is 12.3. The molecule has 2 aromatic rings. The van der Waals surface area contributed by atoms with Crippen LogP contribution < -0.4 is 20.3 Å². The molecule has 0 saturated heterocycles. The van der Waals surface area contributed by atoms with Crippen LogP contribution in [0.3, 0.4) is 0 Å². The molecule has 0 aliphatic carbocycles. The molecular weight excluding hydrogens is 354 g/mol. The van der Waals surface area contributed by atoms with E-state index in [2.05, 4.69) is 29.7 Å². The summed E-state index contributed by atoms with van der Waals surface area (Å²) in [5, 5.41) is 5.81. The predicted octanol–water partition coefficient (Wildman–Crippen LogP) is 1.21. The van der Waals surface area contributed by atoms with Crippen LogP contribution in [0.5, 0.6) is 5.75 Å². The molecule has 28 heavy (non-hydrogen) atoms. The van der Waals surface area contributed by atoms with E-state index >= 15 is 0 Å². The van der Waals surface area contributed by atoms with E-state index in [4.69, 9.17) is 4.74 Å². The summed E-state index contributed by atoms with van der Waals surface area (Å²) in [6, 6.07) is 15.3. The maximum absolute atomic E-state index is 12.3. The first-order chi connectivity index (χ1) is 13.5. The Morgan fingerprint density at radius 3 is 2.32 bits per heavy atom. The van der Waals surface area contributed by atoms with E-state index in [0.717, 1.165) is 17.1 Å². The molecule has 1 unspecified atom stereocenters. The van der Waals surface area contributed by atoms with Gasteiger partial charge in [-0.2, -0.15) is 0 Å². The second-order valence-corrected chi connectivity index (χ2v) is 6.76. The molecular formula is C22H30N3O3+. The number of rotatable bonds is 10. The van der Waals surface area contributed by atoms with Crippen molar-refractivity contribution < 1.29 is 19.2 Å². The minimum atomic E-state index is -0.116. The Morgan fingerprint density at radius 2 is 1.68 bits per heavy atom. The SMILES string of the molecule is CC[NH+](CC(=O)NCCc1ccccc1C)CC(=O)Nc1ccc(OC)cc1. The summed E-state index contributed by atoms with van der Waals surface area (Å²) in [6.07, 6.45) is 0.803. The molecule has 2 amide bonds. The highest BCUT2D eigenvalue weighted by Crippen LogP contribution is 2.14. The van der Waals surface area contributed by atoms with Crippen molar-refractivity contribution in [3.8, 4) is 5.75 Å². The molecule has 6 heteroatoms. The summed E-state index contributed by atoms with van der Waals surface area (Å²) < 4.78 is 5.11. The second kappa shape index (κ2) is 11.1. The summed E-state index contributed by atoms with van der Waals surface area (Å²) >= 11 is 0. The molecule has 2 rings (SSSR count). The van der Waals surface area contributed by atoms with E-state index in [1.807, 2.05) is 19.1 Å². The molecule has 0 bridgehead atoms. The van der Waals surface area contributed by atoms with Gasteiger partial charge >= 0.3 is 0 Å². The summed E-state index contributed by atoms with van der Waals surface area (Å²) in [5.74, 6) is 0.582. The van der Waals surface area contributed by atoms with Crippen molar-refractivity contribution in [2.45, 2.75) is 20.3 Å². The molecule has 0 heterocycles. The quantitative estimate of drug-likeness (QED) is 0.577. The molecule has 0 saturated carbocycles. The highest BCUT2D eigenvalue weighted by molar-refractivity contribution is 5.91. The van der Waals surface area contributed by atoms with Gasteiger partial charge in [0.05, 0.1) is 13.7 Å². The summed E-state index contributed by atoms with van der Waals surface area (Å²) in [6.45, 7) is 5.85. The highest BCUT2D eigenvalue weighted by atomic mass is 16.5. The summed E-state index contributed by atoms with van der Waals surface area (Å²) in [4.78, 5) is 25.4. The molecule has 0 spiro atoms. The molecule has 150 valence electrons. The average molecular weight is 385 g/mol. The van der Waals surface area contributed by atoms with E-state index in [-0.39, 0.29) is 24.9 Å². The fourth-order valence-electron chi connectivity index (χ4n) is 2.94. The number of benzene rings is 2. The van der Waals surface area contributed by atoms with Gasteiger partial charge in [0, 0.05) is 12.2 Å². The van der Waals surface area contributed by atoms with Crippen LogP contribution in [0.25, 0.3) is 0 Å². The third-order valence-corrected chi connectivity index (χ3v) is 4.67. The van der Waals surface area contributed by atoms with Gasteiger partial charge in [0.1, 0.15) is 5.75 Å². The zero-order chi connectivity index (χ0) is 20.4. The monoisotopic (exact) mass is 384 g/mol. The molecule has 0 aliphatic rings. The normalized spacial score (nSPS) is 11.5. The van der Waals surface area contributed by atoms with Crippen LogP contribution in [0.15, 0.2) is 48.5 Å². The lowest BCUT2D eigenvalue weighted by molar-refractivity contribution is -0.881. The Bertz CT molecular complexity index is 775. The van der Waals surface area contributed by atoms with Crippen LogP contribution in [-0.2, 0) is 16.0 Å². The average Bonchev–Trinajstić information content (AvgIpc) is 2.69. The van der Waals surface area contributed by atoms with Crippen molar-refractivity contribution in [1.82, 2.24) is 5.32 Å². The van der Waals surface area contributed by atoms with E-state index in [1.165, 1.54) is 11.1 Å². The number of carbonyl (C=O) groups is 2. The Morgan fingerprint density at radius 1 is 1.00 bits per heavy atom. The van der Waals surface area contributed by atoms with Gasteiger partial charge in [0.15, 0.2) is 13.1 Å². The number of hydrogen-bond donors (Lipinski definition) is 3. The van der Waals surface area contributed by atoms with Gasteiger partial charge in [-0.15, -0.1) is 0 Å². The lowest BCUT2D eigenvalue weighted by atomic mass is 10.1. The van der Waals surface area contributed by atoms with Gasteiger partial charge in [-0.25, -0.2) is 0 Å². The summed E-state index contributed by atoms with van der Waals surface area (Å²) in [5.41, 5.74) is 3.18. The number of quaternary nitrogens is 1. The lowest BCUT2D eigenvalue weighted by Crippen LogP contribution is -3.14. The van der Waals surface area contributed by atoms with Crippen LogP contribution in [0.1, 0.15) is 18.1 Å². The van der Waals surface area contributed by atoms with E-state index in [0.29, 0.717) is 18.8 Å². The minimum absolute atomic E-state index is 0.0392. The van der Waals surface area contributed by atoms with Gasteiger partial charge in [0.25, 0.3) is 11.8 Å². The van der Waals surface area contributed by atoms with E-state index < -0.39 is 0 Å². The van der Waals surface area contributed by atoms with Crippen LogP contribution in [0.4, 0.5) is 5.69 Å². The van der Waals surface area contributed by atoms with E-state index in [1.54, 1.807) is 31.4 Å². The molecule has 0 fully saturated rings. The summed E-state index contributed by atoms with van der Waals surface area (Å²) in [7, 11) is 1.60. The first kappa shape index (κ1) is 21.4. The maximum Gasteiger partial charge on any atom is 0.279 e. The smallest absolute Gasteiger partial charge is 0.279 e. The van der Waals surface area contributed by atoms with Crippen molar-refractivity contribution >= 4 is 17.5 Å². The van der Waals surface area contributed by atoms with Gasteiger partial charge in [-0.1, -0.05) is 24.3 Å². The minimum Gasteiger partial charge on any atom is -0.497 e. The molecule has 6 nitrogen and oxygen atoms in total. The number of aryl methyl sites for hydroxylation is 1. The Hall–Kier alpha value is -2.86. The van der Waals surface area contributed by atoms with Crippen LogP contribution >= 0.6 is 0 Å². The number of methoxy groups -OCH3 is 1. The van der Waals surface area contributed by atoms with Gasteiger partial charge < -0.3 is 20.3 Å². The van der Waals surface area contributed by atoms with Gasteiger partial charge in [0.2, 0.25) is 0 Å². The number of nitrogens with one attached hydrogen (secondary N) is 3. The molecule has 2 aromatic carbocycles. The Labute approximate surface area is 166 Å². The molecule has 0 aromatic heterocycles. The largest absolute Gasteiger partial charge is 0.497 e. The van der Waals surface area contributed by atoms with E-state index in [9.17, 15) is 9.59 Å². The zero-order valence-electron chi connectivity index (χ0n) is 16.9. The van der Waals surface area contributed by atoms with Crippen LogP contribution in [0.2, 0.25) is 0 Å². The standard InChI is InChI=1S/C22H29N3O3/c1-4-25(16-22(27)24-19-9-11-20(28-3)12-10-19)15-21(26)23-14-13-18-8-6-5-7-17(18)2/h5-12H,4,13-16H2,1-3H3,(H,23,26)(H,24,27)/p+1. The number of carbonyl (C=O) groups excluding carboxylic acids is 2. The lowest BCUT2D eigenvalue weighted by Gasteiger charge is -2.17. The van der Waals surface area contributed by atoms with Crippen LogP contribution in [-0.4, -0.2) is 45.1 Å². The third-order valence-electron chi connectivity index (χ3n) is 4.67. The van der Waals surface area contributed by atoms with Crippen molar-refractivity contribution in [2.24, 2.45) is 0 Å². The zero-order valence-corrected chi connectivity index (χ0v) is 16.9. The Balaban J connectivity index is 1.74. The second-order valence-electron chi connectivity index (χ2n) is 6.76. The third kappa shape index (κ3) is 7.04. The number of likely N-dealkylation sites (N-methyl/N-ethyl adjacent to an activating group) is 1. The van der Waals surface area contributed by atoms with Crippen molar-refractivity contribution in [2.75, 3.05) is 38.6 Å². The topological polar surface area (TPSA) is 71.9 Å². The van der Waals surface area contributed by atoms with Crippen LogP contribution in [0, 0.1) is 6.92 Å². The number of anilines is 1. The van der Waals surface area contributed by atoms with Crippen molar-refractivity contribution in [1.29, 1.82) is 0 Å². The van der Waals surface area contributed by atoms with Crippen molar-refractivity contribution in [3.63, 3.8) is 0 Å². The van der Waals surface area contributed by atoms with Gasteiger partial charge in [-0.05, 0) is 55.7 Å². The number of amides is 2. The molecule has 0 aliphatic heterocycles. The Kier molecular flexibility index (Phi) is 8.49. The fourth-order valence-corrected chi connectivity index (χ4v) is 2.94. The first-order valence-corrected chi connectivity index (χ1v) is 9.60. The highest BCUT2D eigenvalue weighted by Gasteiger charge is 2.16. The van der Waals surface area contributed by atoms with Crippen molar-refractivity contribution in [3.05, 3.63) is 59.7 Å². The molecule has 3 N–H and O–H groups in total. The van der Waals surface area contributed by atoms with Gasteiger partial charge in [-0.3, -0.25) is 9.59 Å². The first-order valence-electron chi connectivity index (χ1n) is 9.60. The fraction of sp³-hybridized carbons (Fsp3) is 0.364. The molecule has 1 atom stereocenters. The predicted molar refractivity (Wildman–Crippen MR) is 111 cm³/mol. The molecule has 0 radical (unpaired) electrons.